The Morgan fingerprint density at radius 2 is 1.70 bits per heavy atom. The summed E-state index contributed by atoms with van der Waals surface area (Å²) in [5, 5.41) is 6.42. The third-order valence-corrected chi connectivity index (χ3v) is 5.90. The molecule has 2 rings (SSSR count). The Morgan fingerprint density at radius 3 is 2.26 bits per heavy atom. The summed E-state index contributed by atoms with van der Waals surface area (Å²) < 4.78 is 38.9. The Morgan fingerprint density at radius 1 is 1.07 bits per heavy atom. The third-order valence-electron chi connectivity index (χ3n) is 3.84. The van der Waals surface area contributed by atoms with E-state index in [-0.39, 0.29) is 10.7 Å². The second-order valence-corrected chi connectivity index (χ2v) is 8.86. The van der Waals surface area contributed by atoms with Gasteiger partial charge in [-0.3, -0.25) is 0 Å². The van der Waals surface area contributed by atoms with Crippen molar-refractivity contribution in [3.63, 3.8) is 0 Å². The summed E-state index contributed by atoms with van der Waals surface area (Å²) in [7, 11) is 3.12. The lowest BCUT2D eigenvalue weighted by molar-refractivity contribution is 0.521. The fraction of sp³-hybridized carbons (Fsp3) is 0.278. The molecule has 0 atom stereocenters. The Balaban J connectivity index is 2.19. The van der Waals surface area contributed by atoms with E-state index in [9.17, 15) is 12.8 Å². The van der Waals surface area contributed by atoms with Crippen LogP contribution in [-0.2, 0) is 16.6 Å². The van der Waals surface area contributed by atoms with Gasteiger partial charge >= 0.3 is 0 Å². The lowest BCUT2D eigenvalue weighted by Gasteiger charge is -2.21. The molecule has 27 heavy (non-hydrogen) atoms. The number of nitrogens with one attached hydrogen (secondary N) is 2. The first-order valence-corrected chi connectivity index (χ1v) is 9.99. The Labute approximate surface area is 165 Å². The van der Waals surface area contributed by atoms with Gasteiger partial charge in [0.1, 0.15) is 5.82 Å². The number of benzene rings is 2. The van der Waals surface area contributed by atoms with Gasteiger partial charge in [-0.25, -0.2) is 17.1 Å². The molecule has 0 aliphatic carbocycles. The van der Waals surface area contributed by atoms with Gasteiger partial charge in [-0.2, -0.15) is 0 Å². The summed E-state index contributed by atoms with van der Waals surface area (Å²) in [6.45, 7) is 0.416. The largest absolute Gasteiger partial charge is 0.376 e. The van der Waals surface area contributed by atoms with Crippen molar-refractivity contribution in [2.75, 3.05) is 38.4 Å². The van der Waals surface area contributed by atoms with Crippen molar-refractivity contribution in [3.05, 3.63) is 53.8 Å². The van der Waals surface area contributed by atoms with E-state index >= 15 is 0 Å². The van der Waals surface area contributed by atoms with Crippen LogP contribution in [0.2, 0.25) is 0 Å². The SMILES string of the molecule is CN(C)c1ccc(S(=O)(=O)N(C)C)cc1NC(=S)NCc1ccc(F)cc1. The maximum Gasteiger partial charge on any atom is 0.242 e. The number of hydrogen-bond donors (Lipinski definition) is 2. The average Bonchev–Trinajstić information content (AvgIpc) is 2.60. The molecule has 0 radical (unpaired) electrons. The Hall–Kier alpha value is -2.23. The summed E-state index contributed by atoms with van der Waals surface area (Å²) >= 11 is 5.32. The van der Waals surface area contributed by atoms with Crippen molar-refractivity contribution < 1.29 is 12.8 Å². The highest BCUT2D eigenvalue weighted by Gasteiger charge is 2.19. The van der Waals surface area contributed by atoms with Gasteiger partial charge in [-0.05, 0) is 48.1 Å². The minimum Gasteiger partial charge on any atom is -0.376 e. The molecule has 0 fully saturated rings. The first-order valence-electron chi connectivity index (χ1n) is 8.14. The summed E-state index contributed by atoms with van der Waals surface area (Å²) in [5.41, 5.74) is 2.23. The first kappa shape index (κ1) is 21.1. The molecule has 2 N–H and O–H groups in total. The highest BCUT2D eigenvalue weighted by molar-refractivity contribution is 7.89. The van der Waals surface area contributed by atoms with E-state index in [1.165, 1.54) is 26.2 Å². The van der Waals surface area contributed by atoms with Crippen LogP contribution < -0.4 is 15.5 Å². The van der Waals surface area contributed by atoms with E-state index in [1.54, 1.807) is 30.3 Å². The molecule has 146 valence electrons. The maximum absolute atomic E-state index is 13.0. The minimum atomic E-state index is -3.56. The minimum absolute atomic E-state index is 0.168. The second-order valence-electron chi connectivity index (χ2n) is 6.29. The van der Waals surface area contributed by atoms with Gasteiger partial charge in [0.2, 0.25) is 10.0 Å². The number of rotatable bonds is 6. The lowest BCUT2D eigenvalue weighted by Crippen LogP contribution is -2.29. The Bertz CT molecular complexity index is 913. The molecule has 2 aromatic rings. The molecular weight excluding hydrogens is 387 g/mol. The monoisotopic (exact) mass is 410 g/mol. The van der Waals surface area contributed by atoms with Gasteiger partial charge in [0.15, 0.2) is 5.11 Å². The zero-order valence-corrected chi connectivity index (χ0v) is 17.3. The topological polar surface area (TPSA) is 64.7 Å². The summed E-state index contributed by atoms with van der Waals surface area (Å²) in [6, 6.07) is 10.9. The van der Waals surface area contributed by atoms with Crippen LogP contribution >= 0.6 is 12.2 Å². The zero-order chi connectivity index (χ0) is 20.2. The van der Waals surface area contributed by atoms with Crippen molar-refractivity contribution in [3.8, 4) is 0 Å². The standard InChI is InChI=1S/C18H23FN4O2S2/c1-22(2)17-10-9-15(27(24,25)23(3)4)11-16(17)21-18(26)20-12-13-5-7-14(19)8-6-13/h5-11H,12H2,1-4H3,(H2,20,21,26). The molecule has 0 aromatic heterocycles. The molecule has 0 saturated carbocycles. The predicted molar refractivity (Wildman–Crippen MR) is 111 cm³/mol. The molecule has 9 heteroatoms. The molecule has 0 spiro atoms. The van der Waals surface area contributed by atoms with Crippen LogP contribution in [0.5, 0.6) is 0 Å². The maximum atomic E-state index is 13.0. The van der Waals surface area contributed by atoms with E-state index < -0.39 is 10.0 Å². The molecule has 6 nitrogen and oxygen atoms in total. The van der Waals surface area contributed by atoms with Crippen LogP contribution in [0.4, 0.5) is 15.8 Å². The number of thiocarbonyl (C=S) groups is 1. The van der Waals surface area contributed by atoms with Crippen molar-refractivity contribution >= 4 is 38.7 Å². The van der Waals surface area contributed by atoms with E-state index in [0.29, 0.717) is 17.3 Å². The molecule has 0 heterocycles. The molecule has 0 bridgehead atoms. The van der Waals surface area contributed by atoms with Gasteiger partial charge in [0, 0.05) is 34.7 Å². The summed E-state index contributed by atoms with van der Waals surface area (Å²) in [5.74, 6) is -0.297. The van der Waals surface area contributed by atoms with E-state index in [4.69, 9.17) is 12.2 Å². The number of sulfonamides is 1. The van der Waals surface area contributed by atoms with E-state index in [2.05, 4.69) is 10.6 Å². The van der Waals surface area contributed by atoms with Crippen molar-refractivity contribution in [1.82, 2.24) is 9.62 Å². The molecule has 0 aliphatic rings. The van der Waals surface area contributed by atoms with Gasteiger partial charge in [0.25, 0.3) is 0 Å². The van der Waals surface area contributed by atoms with Gasteiger partial charge in [0.05, 0.1) is 16.3 Å². The summed E-state index contributed by atoms with van der Waals surface area (Å²) in [6.07, 6.45) is 0. The average molecular weight is 411 g/mol. The fourth-order valence-electron chi connectivity index (χ4n) is 2.33. The van der Waals surface area contributed by atoms with E-state index in [1.807, 2.05) is 19.0 Å². The highest BCUT2D eigenvalue weighted by Crippen LogP contribution is 2.28. The first-order chi connectivity index (χ1) is 12.6. The Kier molecular flexibility index (Phi) is 6.74. The van der Waals surface area contributed by atoms with Gasteiger partial charge in [-0.1, -0.05) is 12.1 Å². The quantitative estimate of drug-likeness (QED) is 0.714. The molecular formula is C18H23FN4O2S2. The van der Waals surface area contributed by atoms with E-state index in [0.717, 1.165) is 15.6 Å². The van der Waals surface area contributed by atoms with Crippen LogP contribution in [0, 0.1) is 5.82 Å². The van der Waals surface area contributed by atoms with Crippen molar-refractivity contribution in [2.24, 2.45) is 0 Å². The smallest absolute Gasteiger partial charge is 0.242 e. The second kappa shape index (κ2) is 8.64. The fourth-order valence-corrected chi connectivity index (χ4v) is 3.44. The van der Waals surface area contributed by atoms with Crippen molar-refractivity contribution in [2.45, 2.75) is 11.4 Å². The lowest BCUT2D eigenvalue weighted by atomic mass is 10.2. The third kappa shape index (κ3) is 5.38. The predicted octanol–water partition coefficient (Wildman–Crippen LogP) is 2.63. The van der Waals surface area contributed by atoms with Gasteiger partial charge < -0.3 is 15.5 Å². The molecule has 0 unspecified atom stereocenters. The van der Waals surface area contributed by atoms with Crippen LogP contribution in [0.25, 0.3) is 0 Å². The van der Waals surface area contributed by atoms with Crippen molar-refractivity contribution in [1.29, 1.82) is 0 Å². The van der Waals surface area contributed by atoms with Crippen LogP contribution in [0.15, 0.2) is 47.4 Å². The summed E-state index contributed by atoms with van der Waals surface area (Å²) in [4.78, 5) is 2.03. The molecule has 0 amide bonds. The highest BCUT2D eigenvalue weighted by atomic mass is 32.2. The number of anilines is 2. The number of halogens is 1. The number of hydrogen-bond acceptors (Lipinski definition) is 4. The van der Waals surface area contributed by atoms with Crippen LogP contribution in [0.1, 0.15) is 5.56 Å². The van der Waals surface area contributed by atoms with Crippen LogP contribution in [0.3, 0.4) is 0 Å². The molecule has 0 aliphatic heterocycles. The normalized spacial score (nSPS) is 11.3. The van der Waals surface area contributed by atoms with Gasteiger partial charge in [-0.15, -0.1) is 0 Å². The zero-order valence-electron chi connectivity index (χ0n) is 15.7. The molecule has 0 saturated heterocycles. The molecule has 2 aromatic carbocycles. The van der Waals surface area contributed by atoms with Crippen LogP contribution in [-0.4, -0.2) is 46.0 Å². The number of nitrogens with zero attached hydrogens (tertiary/aromatic N) is 2.